The Labute approximate surface area is 124 Å². The number of fused-ring (bicyclic) bond motifs is 1. The Hall–Kier alpha value is -2.17. The highest BCUT2D eigenvalue weighted by atomic mass is 16.5. The predicted octanol–water partition coefficient (Wildman–Crippen LogP) is 3.14. The number of hydrogen-bond acceptors (Lipinski definition) is 3. The second-order valence-electron chi connectivity index (χ2n) is 5.10. The lowest BCUT2D eigenvalue weighted by atomic mass is 10.1. The van der Waals surface area contributed by atoms with Gasteiger partial charge in [0.2, 0.25) is 0 Å². The summed E-state index contributed by atoms with van der Waals surface area (Å²) in [5.74, 6) is 0.816. The maximum Gasteiger partial charge on any atom is 0.303 e. The zero-order valence-corrected chi connectivity index (χ0v) is 12.9. The summed E-state index contributed by atoms with van der Waals surface area (Å²) >= 11 is 0. The lowest BCUT2D eigenvalue weighted by molar-refractivity contribution is -0.137. The lowest BCUT2D eigenvalue weighted by Crippen LogP contribution is -2.03. The molecule has 0 unspecified atom stereocenters. The number of carboxylic acid groups (broad SMARTS) is 1. The Morgan fingerprint density at radius 2 is 1.95 bits per heavy atom. The second kappa shape index (κ2) is 6.08. The number of carboxylic acids is 1. The van der Waals surface area contributed by atoms with E-state index in [2.05, 4.69) is 10.6 Å². The molecule has 0 atom stereocenters. The summed E-state index contributed by atoms with van der Waals surface area (Å²) in [7, 11) is 3.29. The van der Waals surface area contributed by atoms with Crippen LogP contribution >= 0.6 is 0 Å². The van der Waals surface area contributed by atoms with Gasteiger partial charge in [0.25, 0.3) is 0 Å². The Balaban J connectivity index is 2.51. The molecule has 1 N–H and O–H groups in total. The van der Waals surface area contributed by atoms with Crippen molar-refractivity contribution in [3.8, 4) is 11.5 Å². The summed E-state index contributed by atoms with van der Waals surface area (Å²) in [5, 5.41) is 9.81. The molecule has 1 heterocycles. The minimum atomic E-state index is -0.768. The molecule has 0 bridgehead atoms. The molecule has 0 saturated carbocycles. The van der Waals surface area contributed by atoms with Gasteiger partial charge >= 0.3 is 5.97 Å². The number of methoxy groups -OCH3 is 2. The van der Waals surface area contributed by atoms with Gasteiger partial charge < -0.3 is 19.1 Å². The number of ether oxygens (including phenoxy) is 2. The number of benzene rings is 1. The number of hydrogen-bond donors (Lipinski definition) is 1. The molecule has 0 amide bonds. The van der Waals surface area contributed by atoms with Crippen molar-refractivity contribution in [3.63, 3.8) is 0 Å². The molecular formula is C16H21NO4. The zero-order valence-electron chi connectivity index (χ0n) is 12.9. The minimum Gasteiger partial charge on any atom is -0.496 e. The van der Waals surface area contributed by atoms with Crippen LogP contribution in [0.1, 0.15) is 24.1 Å². The van der Waals surface area contributed by atoms with Crippen molar-refractivity contribution >= 4 is 16.9 Å². The van der Waals surface area contributed by atoms with Gasteiger partial charge in [-0.15, -0.1) is 0 Å². The molecule has 1 aromatic heterocycles. The van der Waals surface area contributed by atoms with E-state index in [1.165, 1.54) is 0 Å². The molecule has 2 rings (SSSR count). The maximum atomic E-state index is 10.7. The first-order chi connectivity index (χ1) is 9.99. The maximum absolute atomic E-state index is 10.7. The normalized spacial score (nSPS) is 10.9. The van der Waals surface area contributed by atoms with Crippen LogP contribution in [0, 0.1) is 13.8 Å². The molecular weight excluding hydrogens is 270 g/mol. The summed E-state index contributed by atoms with van der Waals surface area (Å²) in [5.41, 5.74) is 3.06. The van der Waals surface area contributed by atoms with Crippen LogP contribution in [0.15, 0.2) is 12.1 Å². The third kappa shape index (κ3) is 2.82. The summed E-state index contributed by atoms with van der Waals surface area (Å²) < 4.78 is 13.1. The molecule has 0 radical (unpaired) electrons. The van der Waals surface area contributed by atoms with Crippen LogP contribution in [0.5, 0.6) is 11.5 Å². The first kappa shape index (κ1) is 15.2. The standard InChI is InChI=1S/C16H21NO4/c1-10-8-12-13(17(10)7-5-6-15(18)19)9-14(20-3)11(2)16(12)21-4/h8-9H,5-7H2,1-4H3,(H,18,19). The fourth-order valence-corrected chi connectivity index (χ4v) is 2.74. The summed E-state index contributed by atoms with van der Waals surface area (Å²) in [6.07, 6.45) is 0.762. The largest absolute Gasteiger partial charge is 0.496 e. The molecule has 0 saturated heterocycles. The quantitative estimate of drug-likeness (QED) is 0.888. The summed E-state index contributed by atoms with van der Waals surface area (Å²) in [6.45, 7) is 4.65. The van der Waals surface area contributed by atoms with Gasteiger partial charge in [0.15, 0.2) is 0 Å². The second-order valence-corrected chi connectivity index (χ2v) is 5.10. The van der Waals surface area contributed by atoms with Crippen molar-refractivity contribution in [2.45, 2.75) is 33.2 Å². The molecule has 0 aliphatic heterocycles. The van der Waals surface area contributed by atoms with E-state index < -0.39 is 5.97 Å². The van der Waals surface area contributed by atoms with E-state index in [4.69, 9.17) is 14.6 Å². The molecule has 0 fully saturated rings. The topological polar surface area (TPSA) is 60.7 Å². The predicted molar refractivity (Wildman–Crippen MR) is 81.4 cm³/mol. The van der Waals surface area contributed by atoms with Crippen LogP contribution in [0.3, 0.4) is 0 Å². The first-order valence-corrected chi connectivity index (χ1v) is 6.92. The van der Waals surface area contributed by atoms with E-state index in [-0.39, 0.29) is 6.42 Å². The first-order valence-electron chi connectivity index (χ1n) is 6.92. The van der Waals surface area contributed by atoms with Crippen LogP contribution in [0.25, 0.3) is 10.9 Å². The Morgan fingerprint density at radius 1 is 1.24 bits per heavy atom. The van der Waals surface area contributed by atoms with Crippen LogP contribution < -0.4 is 9.47 Å². The molecule has 5 heteroatoms. The zero-order chi connectivity index (χ0) is 15.6. The van der Waals surface area contributed by atoms with Gasteiger partial charge in [-0.1, -0.05) is 0 Å². The third-order valence-corrected chi connectivity index (χ3v) is 3.76. The smallest absolute Gasteiger partial charge is 0.303 e. The average molecular weight is 291 g/mol. The molecule has 0 aliphatic rings. The molecule has 1 aromatic carbocycles. The Kier molecular flexibility index (Phi) is 4.40. The molecule has 21 heavy (non-hydrogen) atoms. The van der Waals surface area contributed by atoms with Crippen molar-refractivity contribution in [1.29, 1.82) is 0 Å². The fraction of sp³-hybridized carbons (Fsp3) is 0.438. The SMILES string of the molecule is COc1cc2c(cc(C)n2CCCC(=O)O)c(OC)c1C. The highest BCUT2D eigenvalue weighted by Gasteiger charge is 2.16. The van der Waals surface area contributed by atoms with E-state index in [1.54, 1.807) is 14.2 Å². The minimum absolute atomic E-state index is 0.166. The van der Waals surface area contributed by atoms with Crippen molar-refractivity contribution in [2.24, 2.45) is 0 Å². The lowest BCUT2D eigenvalue weighted by Gasteiger charge is -2.13. The summed E-state index contributed by atoms with van der Waals surface area (Å²) in [4.78, 5) is 10.7. The highest BCUT2D eigenvalue weighted by Crippen LogP contribution is 2.38. The number of nitrogens with zero attached hydrogens (tertiary/aromatic N) is 1. The molecule has 0 spiro atoms. The van der Waals surface area contributed by atoms with Gasteiger partial charge in [-0.05, 0) is 26.3 Å². The van der Waals surface area contributed by atoms with Crippen molar-refractivity contribution in [2.75, 3.05) is 14.2 Å². The number of carbonyl (C=O) groups is 1. The molecule has 114 valence electrons. The fourth-order valence-electron chi connectivity index (χ4n) is 2.74. The van der Waals surface area contributed by atoms with Gasteiger partial charge in [0.1, 0.15) is 11.5 Å². The van der Waals surface area contributed by atoms with Gasteiger partial charge in [-0.3, -0.25) is 4.79 Å². The Morgan fingerprint density at radius 3 is 2.52 bits per heavy atom. The van der Waals surface area contributed by atoms with E-state index >= 15 is 0 Å². The number of aromatic nitrogens is 1. The number of aryl methyl sites for hydroxylation is 2. The van der Waals surface area contributed by atoms with E-state index in [9.17, 15) is 4.79 Å². The van der Waals surface area contributed by atoms with Crippen molar-refractivity contribution < 1.29 is 19.4 Å². The molecule has 5 nitrogen and oxygen atoms in total. The average Bonchev–Trinajstić information content (AvgIpc) is 2.74. The highest BCUT2D eigenvalue weighted by molar-refractivity contribution is 5.90. The molecule has 2 aromatic rings. The van der Waals surface area contributed by atoms with Crippen molar-refractivity contribution in [1.82, 2.24) is 4.57 Å². The number of rotatable bonds is 6. The van der Waals surface area contributed by atoms with Crippen LogP contribution in [0.2, 0.25) is 0 Å². The van der Waals surface area contributed by atoms with Gasteiger partial charge in [0, 0.05) is 35.7 Å². The summed E-state index contributed by atoms with van der Waals surface area (Å²) in [6, 6.07) is 4.06. The van der Waals surface area contributed by atoms with Crippen LogP contribution in [0.4, 0.5) is 0 Å². The van der Waals surface area contributed by atoms with Gasteiger partial charge in [-0.25, -0.2) is 0 Å². The third-order valence-electron chi connectivity index (χ3n) is 3.76. The van der Waals surface area contributed by atoms with E-state index in [1.807, 2.05) is 19.9 Å². The van der Waals surface area contributed by atoms with Gasteiger partial charge in [-0.2, -0.15) is 0 Å². The van der Waals surface area contributed by atoms with Gasteiger partial charge in [0.05, 0.1) is 19.7 Å². The van der Waals surface area contributed by atoms with E-state index in [0.717, 1.165) is 33.7 Å². The molecule has 0 aliphatic carbocycles. The Bertz CT molecular complexity index is 673. The van der Waals surface area contributed by atoms with Crippen LogP contribution in [-0.4, -0.2) is 29.9 Å². The number of aliphatic carboxylic acids is 1. The van der Waals surface area contributed by atoms with Crippen molar-refractivity contribution in [3.05, 3.63) is 23.4 Å². The van der Waals surface area contributed by atoms with Crippen LogP contribution in [-0.2, 0) is 11.3 Å². The van der Waals surface area contributed by atoms with E-state index in [0.29, 0.717) is 13.0 Å². The monoisotopic (exact) mass is 291 g/mol.